The summed E-state index contributed by atoms with van der Waals surface area (Å²) < 4.78 is 15.0. The number of nitrogens with zero attached hydrogens (tertiary/aromatic N) is 5. The smallest absolute Gasteiger partial charge is 0.337 e. The molecule has 5 aromatic rings. The van der Waals surface area contributed by atoms with Gasteiger partial charge >= 0.3 is 5.97 Å². The predicted molar refractivity (Wildman–Crippen MR) is 141 cm³/mol. The Hall–Kier alpha value is -4.04. The summed E-state index contributed by atoms with van der Waals surface area (Å²) in [6.07, 6.45) is 3.73. The first-order valence-corrected chi connectivity index (χ1v) is 12.6. The van der Waals surface area contributed by atoms with Gasteiger partial charge in [0.15, 0.2) is 0 Å². The van der Waals surface area contributed by atoms with Gasteiger partial charge in [0.05, 0.1) is 46.7 Å². The normalized spacial score (nSPS) is 15.3. The zero-order chi connectivity index (χ0) is 25.5. The Kier molecular flexibility index (Phi) is 5.96. The lowest BCUT2D eigenvalue weighted by Gasteiger charge is -2.33. The lowest BCUT2D eigenvalue weighted by molar-refractivity contribution is 0.0553. The Morgan fingerprint density at radius 1 is 1.11 bits per heavy atom. The summed E-state index contributed by atoms with van der Waals surface area (Å²) >= 11 is 0. The molecule has 1 saturated heterocycles. The number of hydrogen-bond donors (Lipinski definition) is 0. The van der Waals surface area contributed by atoms with Crippen LogP contribution in [0.1, 0.15) is 40.5 Å². The number of fused-ring (bicyclic) bond motifs is 3. The third-order valence-electron chi connectivity index (χ3n) is 7.48. The first-order chi connectivity index (χ1) is 18.1. The molecule has 6 rings (SSSR count). The topological polar surface area (TPSA) is 84.1 Å². The van der Waals surface area contributed by atoms with Crippen molar-refractivity contribution in [3.05, 3.63) is 77.6 Å². The number of rotatable bonds is 5. The molecule has 0 saturated carbocycles. The number of aryl methyl sites for hydroxylation is 2. The van der Waals surface area contributed by atoms with Crippen molar-refractivity contribution in [2.75, 3.05) is 20.3 Å². The van der Waals surface area contributed by atoms with Gasteiger partial charge in [-0.05, 0) is 55.5 Å². The summed E-state index contributed by atoms with van der Waals surface area (Å²) in [5.74, 6) is -0.0172. The van der Waals surface area contributed by atoms with Gasteiger partial charge in [0, 0.05) is 37.4 Å². The number of benzene rings is 2. The quantitative estimate of drug-likeness (QED) is 0.316. The average molecular weight is 496 g/mol. The fraction of sp³-hybridized carbons (Fsp3) is 0.310. The number of ether oxygens (including phenoxy) is 2. The fourth-order valence-corrected chi connectivity index (χ4v) is 5.81. The van der Waals surface area contributed by atoms with E-state index in [1.165, 1.54) is 12.7 Å². The molecule has 8 nitrogen and oxygen atoms in total. The largest absolute Gasteiger partial charge is 0.465 e. The monoisotopic (exact) mass is 495 g/mol. The number of aromatic nitrogens is 5. The van der Waals surface area contributed by atoms with Gasteiger partial charge in [0.1, 0.15) is 0 Å². The summed E-state index contributed by atoms with van der Waals surface area (Å²) in [6.45, 7) is 3.44. The van der Waals surface area contributed by atoms with Crippen LogP contribution in [0.25, 0.3) is 33.2 Å². The number of esters is 1. The van der Waals surface area contributed by atoms with Gasteiger partial charge in [0.25, 0.3) is 0 Å². The molecule has 3 aromatic heterocycles. The second kappa shape index (κ2) is 9.44. The van der Waals surface area contributed by atoms with Crippen molar-refractivity contribution in [3.63, 3.8) is 0 Å². The molecule has 1 aliphatic rings. The van der Waals surface area contributed by atoms with E-state index >= 15 is 0 Å². The highest BCUT2D eigenvalue weighted by atomic mass is 16.5. The maximum absolute atomic E-state index is 12.6. The number of methoxy groups -OCH3 is 1. The van der Waals surface area contributed by atoms with Crippen LogP contribution in [0.15, 0.2) is 60.8 Å². The van der Waals surface area contributed by atoms with E-state index in [1.807, 2.05) is 55.2 Å². The maximum Gasteiger partial charge on any atom is 0.337 e. The van der Waals surface area contributed by atoms with Gasteiger partial charge in [-0.2, -0.15) is 0 Å². The molecule has 1 atom stereocenters. The zero-order valence-electron chi connectivity index (χ0n) is 21.2. The van der Waals surface area contributed by atoms with Crippen LogP contribution in [-0.2, 0) is 16.5 Å². The molecule has 0 N–H and O–H groups in total. The van der Waals surface area contributed by atoms with E-state index in [0.717, 1.165) is 64.9 Å². The van der Waals surface area contributed by atoms with E-state index in [-0.39, 0.29) is 12.0 Å². The van der Waals surface area contributed by atoms with Crippen molar-refractivity contribution in [3.8, 4) is 11.3 Å². The van der Waals surface area contributed by atoms with E-state index in [2.05, 4.69) is 39.1 Å². The van der Waals surface area contributed by atoms with Crippen LogP contribution in [0.2, 0.25) is 0 Å². The first-order valence-electron chi connectivity index (χ1n) is 12.6. The predicted octanol–water partition coefficient (Wildman–Crippen LogP) is 5.10. The second-order valence-electron chi connectivity index (χ2n) is 9.60. The van der Waals surface area contributed by atoms with Crippen LogP contribution in [0.3, 0.4) is 0 Å². The number of pyridine rings is 1. The van der Waals surface area contributed by atoms with Crippen LogP contribution in [0, 0.1) is 12.8 Å². The molecule has 0 bridgehead atoms. The molecule has 0 spiro atoms. The number of carbonyl (C=O) groups is 1. The molecular formula is C29H29N5O3. The van der Waals surface area contributed by atoms with E-state index in [1.54, 1.807) is 0 Å². The van der Waals surface area contributed by atoms with Gasteiger partial charge in [0.2, 0.25) is 0 Å². The minimum absolute atomic E-state index is 0.0161. The van der Waals surface area contributed by atoms with Crippen molar-refractivity contribution in [1.82, 2.24) is 24.5 Å². The van der Waals surface area contributed by atoms with E-state index in [9.17, 15) is 4.79 Å². The maximum atomic E-state index is 12.6. The van der Waals surface area contributed by atoms with Crippen LogP contribution < -0.4 is 0 Å². The highest BCUT2D eigenvalue weighted by molar-refractivity contribution is 6.12. The molecule has 37 heavy (non-hydrogen) atoms. The third kappa shape index (κ3) is 3.88. The fourth-order valence-electron chi connectivity index (χ4n) is 5.81. The van der Waals surface area contributed by atoms with E-state index in [0.29, 0.717) is 11.5 Å². The molecule has 1 aliphatic heterocycles. The molecule has 0 amide bonds. The minimum atomic E-state index is -0.360. The standard InChI is InChI=1S/C29H29N5O3/c1-18-26(33(2)32-31-18)23-11-14-30-25-22-10-9-21(29(35)36-3)17-24(22)34(28(23)25)27(19-7-5-4-6-8-19)20-12-15-37-16-13-20/h4-11,14,17,20,27H,12-13,15-16H2,1-3H3. The minimum Gasteiger partial charge on any atom is -0.465 e. The first kappa shape index (κ1) is 23.4. The van der Waals surface area contributed by atoms with Crippen LogP contribution >= 0.6 is 0 Å². The average Bonchev–Trinajstić information content (AvgIpc) is 3.45. The lowest BCUT2D eigenvalue weighted by atomic mass is 9.86. The Morgan fingerprint density at radius 2 is 1.89 bits per heavy atom. The van der Waals surface area contributed by atoms with Gasteiger partial charge in [-0.15, -0.1) is 5.10 Å². The van der Waals surface area contributed by atoms with Crippen molar-refractivity contribution in [1.29, 1.82) is 0 Å². The van der Waals surface area contributed by atoms with Crippen molar-refractivity contribution in [2.45, 2.75) is 25.8 Å². The van der Waals surface area contributed by atoms with Crippen molar-refractivity contribution >= 4 is 27.9 Å². The Morgan fingerprint density at radius 3 is 2.59 bits per heavy atom. The van der Waals surface area contributed by atoms with Gasteiger partial charge in [-0.3, -0.25) is 4.98 Å². The molecule has 188 valence electrons. The molecule has 0 aliphatic carbocycles. The molecule has 1 fully saturated rings. The van der Waals surface area contributed by atoms with E-state index in [4.69, 9.17) is 14.5 Å². The second-order valence-corrected chi connectivity index (χ2v) is 9.60. The Balaban J connectivity index is 1.75. The summed E-state index contributed by atoms with van der Waals surface area (Å²) in [7, 11) is 3.33. The highest BCUT2D eigenvalue weighted by Gasteiger charge is 2.32. The van der Waals surface area contributed by atoms with Crippen LogP contribution in [0.5, 0.6) is 0 Å². The number of hydrogen-bond acceptors (Lipinski definition) is 6. The molecule has 4 heterocycles. The summed E-state index contributed by atoms with van der Waals surface area (Å²) in [5, 5.41) is 9.60. The molecule has 8 heteroatoms. The van der Waals surface area contributed by atoms with Gasteiger partial charge < -0.3 is 14.0 Å². The van der Waals surface area contributed by atoms with E-state index < -0.39 is 0 Å². The summed E-state index contributed by atoms with van der Waals surface area (Å²) in [6, 6.07) is 18.4. The Bertz CT molecular complexity index is 1580. The summed E-state index contributed by atoms with van der Waals surface area (Å²) in [4.78, 5) is 17.4. The molecule has 2 aromatic carbocycles. The van der Waals surface area contributed by atoms with Gasteiger partial charge in [-0.1, -0.05) is 35.5 Å². The van der Waals surface area contributed by atoms with Crippen LogP contribution in [0.4, 0.5) is 0 Å². The van der Waals surface area contributed by atoms with Crippen LogP contribution in [-0.4, -0.2) is 50.8 Å². The van der Waals surface area contributed by atoms with Gasteiger partial charge in [-0.25, -0.2) is 9.48 Å². The molecule has 1 unspecified atom stereocenters. The molecular weight excluding hydrogens is 466 g/mol. The summed E-state index contributed by atoms with van der Waals surface area (Å²) in [5.41, 5.74) is 7.38. The molecule has 0 radical (unpaired) electrons. The number of carbonyl (C=O) groups excluding carboxylic acids is 1. The Labute approximate surface area is 214 Å². The lowest BCUT2D eigenvalue weighted by Crippen LogP contribution is -2.27. The third-order valence-corrected chi connectivity index (χ3v) is 7.48. The van der Waals surface area contributed by atoms with Crippen molar-refractivity contribution < 1.29 is 14.3 Å². The SMILES string of the molecule is COC(=O)c1ccc2c3nccc(-c4c(C)nnn4C)c3n(C(c3ccccc3)C3CCOCC3)c2c1. The van der Waals surface area contributed by atoms with Crippen molar-refractivity contribution in [2.24, 2.45) is 13.0 Å². The highest BCUT2D eigenvalue weighted by Crippen LogP contribution is 2.43. The zero-order valence-corrected chi connectivity index (χ0v) is 21.2.